The first kappa shape index (κ1) is 14.1. The predicted octanol–water partition coefficient (Wildman–Crippen LogP) is 4.48. The molecule has 0 heterocycles. The van der Waals surface area contributed by atoms with Crippen molar-refractivity contribution in [1.82, 2.24) is 0 Å². The van der Waals surface area contributed by atoms with Crippen LogP contribution in [0.2, 0.25) is 0 Å². The van der Waals surface area contributed by atoms with Crippen LogP contribution in [0.3, 0.4) is 0 Å². The zero-order chi connectivity index (χ0) is 13.8. The first-order valence-electron chi connectivity index (χ1n) is 7.39. The fourth-order valence-electron chi connectivity index (χ4n) is 3.14. The Morgan fingerprint density at radius 2 is 1.79 bits per heavy atom. The van der Waals surface area contributed by atoms with Crippen LogP contribution >= 0.6 is 0 Å². The Morgan fingerprint density at radius 3 is 2.42 bits per heavy atom. The van der Waals surface area contributed by atoms with Crippen molar-refractivity contribution < 1.29 is 9.53 Å². The summed E-state index contributed by atoms with van der Waals surface area (Å²) in [6.45, 7) is 6.47. The number of ketones is 1. The second-order valence-corrected chi connectivity index (χ2v) is 5.93. The van der Waals surface area contributed by atoms with E-state index in [0.717, 1.165) is 24.2 Å². The van der Waals surface area contributed by atoms with E-state index in [1.807, 2.05) is 31.2 Å². The van der Waals surface area contributed by atoms with Crippen molar-refractivity contribution >= 4 is 5.78 Å². The lowest BCUT2D eigenvalue weighted by Crippen LogP contribution is -2.29. The fourth-order valence-corrected chi connectivity index (χ4v) is 3.14. The zero-order valence-corrected chi connectivity index (χ0v) is 12.2. The van der Waals surface area contributed by atoms with Crippen molar-refractivity contribution in [2.45, 2.75) is 52.6 Å². The van der Waals surface area contributed by atoms with Gasteiger partial charge < -0.3 is 4.74 Å². The molecular formula is C17H24O2. The largest absolute Gasteiger partial charge is 0.490 e. The van der Waals surface area contributed by atoms with Crippen LogP contribution in [0, 0.1) is 11.8 Å². The molecule has 1 fully saturated rings. The summed E-state index contributed by atoms with van der Waals surface area (Å²) in [7, 11) is 0. The van der Waals surface area contributed by atoms with Crippen molar-refractivity contribution in [2.24, 2.45) is 11.8 Å². The van der Waals surface area contributed by atoms with E-state index in [4.69, 9.17) is 4.74 Å². The fraction of sp³-hybridized carbons (Fsp3) is 0.588. The van der Waals surface area contributed by atoms with Crippen molar-refractivity contribution in [3.8, 4) is 5.75 Å². The highest BCUT2D eigenvalue weighted by Crippen LogP contribution is 2.32. The first-order valence-corrected chi connectivity index (χ1v) is 7.39. The molecule has 1 saturated carbocycles. The monoisotopic (exact) mass is 260 g/mol. The van der Waals surface area contributed by atoms with Crippen molar-refractivity contribution in [3.63, 3.8) is 0 Å². The van der Waals surface area contributed by atoms with Crippen LogP contribution < -0.4 is 4.74 Å². The molecule has 1 aliphatic rings. The van der Waals surface area contributed by atoms with Crippen LogP contribution in [-0.4, -0.2) is 11.9 Å². The van der Waals surface area contributed by atoms with Crippen LogP contribution in [0.1, 0.15) is 56.8 Å². The second kappa shape index (κ2) is 6.23. The van der Waals surface area contributed by atoms with E-state index >= 15 is 0 Å². The summed E-state index contributed by atoms with van der Waals surface area (Å²) >= 11 is 0. The molecule has 2 atom stereocenters. The van der Waals surface area contributed by atoms with Crippen molar-refractivity contribution in [1.29, 1.82) is 0 Å². The van der Waals surface area contributed by atoms with Crippen LogP contribution in [0.15, 0.2) is 24.3 Å². The summed E-state index contributed by atoms with van der Waals surface area (Å²) in [5.74, 6) is 2.35. The molecule has 0 radical (unpaired) electrons. The normalized spacial score (nSPS) is 27.0. The molecule has 0 amide bonds. The van der Waals surface area contributed by atoms with Gasteiger partial charge in [0.1, 0.15) is 5.75 Å². The van der Waals surface area contributed by atoms with Crippen LogP contribution in [0.25, 0.3) is 0 Å². The molecule has 104 valence electrons. The van der Waals surface area contributed by atoms with Gasteiger partial charge in [-0.3, -0.25) is 4.79 Å². The third-order valence-corrected chi connectivity index (χ3v) is 3.94. The summed E-state index contributed by atoms with van der Waals surface area (Å²) in [5, 5.41) is 0. The van der Waals surface area contributed by atoms with Gasteiger partial charge in [-0.2, -0.15) is 0 Å². The molecule has 2 nitrogen and oxygen atoms in total. The number of ether oxygens (including phenoxy) is 1. The highest BCUT2D eigenvalue weighted by molar-refractivity contribution is 5.98. The summed E-state index contributed by atoms with van der Waals surface area (Å²) < 4.78 is 6.13. The van der Waals surface area contributed by atoms with Gasteiger partial charge in [0.15, 0.2) is 5.78 Å². The van der Waals surface area contributed by atoms with Crippen molar-refractivity contribution in [3.05, 3.63) is 29.8 Å². The Hall–Kier alpha value is -1.31. The molecule has 0 aliphatic heterocycles. The average molecular weight is 260 g/mol. The topological polar surface area (TPSA) is 26.3 Å². The molecule has 19 heavy (non-hydrogen) atoms. The maximum absolute atomic E-state index is 11.9. The lowest BCUT2D eigenvalue weighted by Gasteiger charge is -2.32. The maximum atomic E-state index is 11.9. The minimum Gasteiger partial charge on any atom is -0.490 e. The Morgan fingerprint density at radius 1 is 1.16 bits per heavy atom. The SMILES string of the molecule is CCC(=O)c1ccccc1OC1CC(C)CC(C)C1. The highest BCUT2D eigenvalue weighted by Gasteiger charge is 2.26. The lowest BCUT2D eigenvalue weighted by molar-refractivity contribution is 0.0927. The van der Waals surface area contributed by atoms with Gasteiger partial charge in [-0.1, -0.05) is 32.9 Å². The van der Waals surface area contributed by atoms with Crippen molar-refractivity contribution in [2.75, 3.05) is 0 Å². The average Bonchev–Trinajstić information content (AvgIpc) is 2.37. The molecule has 0 N–H and O–H groups in total. The minimum absolute atomic E-state index is 0.160. The third kappa shape index (κ3) is 3.59. The summed E-state index contributed by atoms with van der Waals surface area (Å²) in [6.07, 6.45) is 4.26. The number of carbonyl (C=O) groups excluding carboxylic acids is 1. The van der Waals surface area contributed by atoms with E-state index in [9.17, 15) is 4.79 Å². The van der Waals surface area contributed by atoms with E-state index in [2.05, 4.69) is 13.8 Å². The minimum atomic E-state index is 0.160. The molecule has 2 rings (SSSR count). The van der Waals surface area contributed by atoms with Gasteiger partial charge in [0.25, 0.3) is 0 Å². The first-order chi connectivity index (χ1) is 9.10. The van der Waals surface area contributed by atoms with Gasteiger partial charge in [0.2, 0.25) is 0 Å². The zero-order valence-electron chi connectivity index (χ0n) is 12.2. The van der Waals surface area contributed by atoms with Gasteiger partial charge in [-0.05, 0) is 43.2 Å². The summed E-state index contributed by atoms with van der Waals surface area (Å²) in [5.41, 5.74) is 0.732. The molecule has 1 aromatic carbocycles. The van der Waals surface area contributed by atoms with Crippen LogP contribution in [-0.2, 0) is 0 Å². The highest BCUT2D eigenvalue weighted by atomic mass is 16.5. The molecular weight excluding hydrogens is 236 g/mol. The van der Waals surface area contributed by atoms with E-state index in [-0.39, 0.29) is 11.9 Å². The van der Waals surface area contributed by atoms with E-state index < -0.39 is 0 Å². The molecule has 2 heteroatoms. The smallest absolute Gasteiger partial charge is 0.166 e. The Balaban J connectivity index is 2.12. The Bertz CT molecular complexity index is 429. The number of Topliss-reactive ketones (excluding diaryl/α,β-unsaturated/α-hetero) is 1. The van der Waals surface area contributed by atoms with E-state index in [1.54, 1.807) is 0 Å². The molecule has 0 spiro atoms. The van der Waals surface area contributed by atoms with Gasteiger partial charge in [-0.25, -0.2) is 0 Å². The van der Waals surface area contributed by atoms with E-state index in [1.165, 1.54) is 6.42 Å². The quantitative estimate of drug-likeness (QED) is 0.746. The lowest BCUT2D eigenvalue weighted by atomic mass is 9.82. The van der Waals surface area contributed by atoms with Gasteiger partial charge in [-0.15, -0.1) is 0 Å². The number of para-hydroxylation sites is 1. The van der Waals surface area contributed by atoms with Gasteiger partial charge in [0, 0.05) is 6.42 Å². The predicted molar refractivity (Wildman–Crippen MR) is 77.7 cm³/mol. The number of rotatable bonds is 4. The van der Waals surface area contributed by atoms with Crippen LogP contribution in [0.5, 0.6) is 5.75 Å². The molecule has 0 saturated heterocycles. The maximum Gasteiger partial charge on any atom is 0.166 e. The number of hydrogen-bond donors (Lipinski definition) is 0. The second-order valence-electron chi connectivity index (χ2n) is 5.93. The molecule has 2 unspecified atom stereocenters. The molecule has 0 aromatic heterocycles. The number of benzene rings is 1. The Labute approximate surface area is 116 Å². The molecule has 1 aliphatic carbocycles. The molecule has 1 aromatic rings. The Kier molecular flexibility index (Phi) is 4.62. The number of hydrogen-bond acceptors (Lipinski definition) is 2. The van der Waals surface area contributed by atoms with E-state index in [0.29, 0.717) is 18.3 Å². The van der Waals surface area contributed by atoms with Gasteiger partial charge >= 0.3 is 0 Å². The third-order valence-electron chi connectivity index (χ3n) is 3.94. The number of carbonyl (C=O) groups is 1. The van der Waals surface area contributed by atoms with Gasteiger partial charge in [0.05, 0.1) is 11.7 Å². The standard InChI is InChI=1S/C17H24O2/c1-4-16(18)15-7-5-6-8-17(15)19-14-10-12(2)9-13(3)11-14/h5-8,12-14H,4,9-11H2,1-3H3. The van der Waals surface area contributed by atoms with Crippen LogP contribution in [0.4, 0.5) is 0 Å². The summed E-state index contributed by atoms with van der Waals surface area (Å²) in [6, 6.07) is 7.64. The summed E-state index contributed by atoms with van der Waals surface area (Å²) in [4.78, 5) is 11.9. The molecule has 0 bridgehead atoms.